The Morgan fingerprint density at radius 2 is 2.26 bits per heavy atom. The van der Waals surface area contributed by atoms with E-state index in [-0.39, 0.29) is 32.7 Å². The molecule has 0 aromatic rings. The lowest BCUT2D eigenvalue weighted by atomic mass is 9.84. The van der Waals surface area contributed by atoms with Crippen LogP contribution in [0.4, 0.5) is 13.2 Å². The zero-order valence-electron chi connectivity index (χ0n) is 10.2. The number of carbonyl (C=O) groups excluding carboxylic acids is 1. The zero-order valence-corrected chi connectivity index (χ0v) is 10.2. The van der Waals surface area contributed by atoms with Gasteiger partial charge in [0, 0.05) is 13.1 Å². The van der Waals surface area contributed by atoms with Crippen molar-refractivity contribution >= 4 is 5.91 Å². The summed E-state index contributed by atoms with van der Waals surface area (Å²) in [5.74, 6) is -0.950. The van der Waals surface area contributed by atoms with Crippen LogP contribution in [0.2, 0.25) is 0 Å². The van der Waals surface area contributed by atoms with Gasteiger partial charge in [0.1, 0.15) is 0 Å². The van der Waals surface area contributed by atoms with Crippen LogP contribution in [-0.4, -0.2) is 55.9 Å². The molecule has 0 saturated carbocycles. The number of rotatable bonds is 1. The number of ether oxygens (including phenoxy) is 1. The molecule has 2 atom stereocenters. The lowest BCUT2D eigenvalue weighted by Crippen LogP contribution is -2.57. The largest absolute Gasteiger partial charge is 0.404 e. The number of nitrogens with one attached hydrogen (secondary N) is 1. The minimum Gasteiger partial charge on any atom is -0.360 e. The molecular formula is C11H14F3N3O2. The fourth-order valence-electron chi connectivity index (χ4n) is 2.45. The van der Waals surface area contributed by atoms with Crippen molar-refractivity contribution in [3.05, 3.63) is 0 Å². The van der Waals surface area contributed by atoms with Crippen molar-refractivity contribution in [1.82, 2.24) is 10.2 Å². The first kappa shape index (κ1) is 14.1. The molecule has 0 spiro atoms. The van der Waals surface area contributed by atoms with Crippen molar-refractivity contribution in [3.63, 3.8) is 0 Å². The average molecular weight is 277 g/mol. The molecule has 0 aromatic carbocycles. The maximum absolute atomic E-state index is 13.2. The van der Waals surface area contributed by atoms with Gasteiger partial charge in [-0.25, -0.2) is 0 Å². The van der Waals surface area contributed by atoms with E-state index in [1.165, 1.54) is 0 Å². The Bertz CT molecular complexity index is 399. The third-order valence-corrected chi connectivity index (χ3v) is 3.60. The molecule has 2 fully saturated rings. The van der Waals surface area contributed by atoms with E-state index >= 15 is 0 Å². The number of halogens is 3. The summed E-state index contributed by atoms with van der Waals surface area (Å²) in [6.07, 6.45) is -5.70. The van der Waals surface area contributed by atoms with Crippen LogP contribution in [0, 0.1) is 16.7 Å². The maximum Gasteiger partial charge on any atom is 0.404 e. The number of alkyl halides is 3. The lowest BCUT2D eigenvalue weighted by molar-refractivity contribution is -0.223. The molecule has 8 heteroatoms. The second-order valence-electron chi connectivity index (χ2n) is 4.75. The molecular weight excluding hydrogens is 263 g/mol. The highest BCUT2D eigenvalue weighted by atomic mass is 19.4. The van der Waals surface area contributed by atoms with E-state index in [0.717, 1.165) is 4.90 Å². The Kier molecular flexibility index (Phi) is 3.69. The highest BCUT2D eigenvalue weighted by Crippen LogP contribution is 2.44. The summed E-state index contributed by atoms with van der Waals surface area (Å²) in [6, 6.07) is 1.82. The number of nitrogens with zero attached hydrogens (tertiary/aromatic N) is 2. The molecule has 0 aromatic heterocycles. The van der Waals surface area contributed by atoms with Crippen LogP contribution in [0.15, 0.2) is 0 Å². The summed E-state index contributed by atoms with van der Waals surface area (Å²) >= 11 is 0. The number of hydrogen-bond donors (Lipinski definition) is 1. The van der Waals surface area contributed by atoms with Crippen LogP contribution in [0.3, 0.4) is 0 Å². The predicted molar refractivity (Wildman–Crippen MR) is 57.9 cm³/mol. The molecule has 1 N–H and O–H groups in total. The van der Waals surface area contributed by atoms with E-state index in [4.69, 9.17) is 10.00 Å². The Morgan fingerprint density at radius 3 is 2.79 bits per heavy atom. The predicted octanol–water partition coefficient (Wildman–Crippen LogP) is 0.279. The number of amides is 1. The topological polar surface area (TPSA) is 65.4 Å². The van der Waals surface area contributed by atoms with Crippen molar-refractivity contribution in [1.29, 1.82) is 5.26 Å². The van der Waals surface area contributed by atoms with Crippen LogP contribution in [0.5, 0.6) is 0 Å². The Balaban J connectivity index is 2.19. The van der Waals surface area contributed by atoms with Gasteiger partial charge in [-0.05, 0) is 13.0 Å². The van der Waals surface area contributed by atoms with Gasteiger partial charge in [0.15, 0.2) is 11.5 Å². The summed E-state index contributed by atoms with van der Waals surface area (Å²) in [5.41, 5.74) is -2.36. The van der Waals surface area contributed by atoms with Crippen LogP contribution < -0.4 is 5.32 Å². The number of carbonyl (C=O) groups is 1. The van der Waals surface area contributed by atoms with E-state index in [1.807, 2.05) is 6.07 Å². The monoisotopic (exact) mass is 277 g/mol. The number of hydrogen-bond acceptors (Lipinski definition) is 4. The molecule has 0 aliphatic carbocycles. The van der Waals surface area contributed by atoms with Crippen LogP contribution in [-0.2, 0) is 9.53 Å². The number of morpholine rings is 1. The van der Waals surface area contributed by atoms with Crippen LogP contribution in [0.1, 0.15) is 6.42 Å². The highest BCUT2D eigenvalue weighted by Gasteiger charge is 2.62. The summed E-state index contributed by atoms with van der Waals surface area (Å²) in [7, 11) is 0. The third-order valence-electron chi connectivity index (χ3n) is 3.60. The molecule has 106 valence electrons. The summed E-state index contributed by atoms with van der Waals surface area (Å²) in [4.78, 5) is 13.3. The van der Waals surface area contributed by atoms with Crippen molar-refractivity contribution < 1.29 is 22.7 Å². The van der Waals surface area contributed by atoms with Gasteiger partial charge in [-0.2, -0.15) is 18.4 Å². The lowest BCUT2D eigenvalue weighted by Gasteiger charge is -2.38. The molecule has 2 aliphatic heterocycles. The van der Waals surface area contributed by atoms with Gasteiger partial charge in [0.05, 0.1) is 19.2 Å². The molecule has 2 rings (SSSR count). The standard InChI is InChI=1S/C11H14F3N3O2/c12-11(13,14)10(1-2-16-7-10)9(18)17-3-4-19-8(5-15)6-17/h8,16H,1-4,6-7H2. The first-order chi connectivity index (χ1) is 8.90. The van der Waals surface area contributed by atoms with Gasteiger partial charge in [0.2, 0.25) is 5.91 Å². The van der Waals surface area contributed by atoms with E-state index in [2.05, 4.69) is 5.32 Å². The van der Waals surface area contributed by atoms with Gasteiger partial charge in [-0.1, -0.05) is 0 Å². The quantitative estimate of drug-likeness (QED) is 0.747. The third kappa shape index (κ3) is 2.40. The van der Waals surface area contributed by atoms with E-state index < -0.39 is 30.1 Å². The molecule has 2 aliphatic rings. The maximum atomic E-state index is 13.2. The smallest absolute Gasteiger partial charge is 0.360 e. The summed E-state index contributed by atoms with van der Waals surface area (Å²) in [6.45, 7) is -0.158. The van der Waals surface area contributed by atoms with E-state index in [0.29, 0.717) is 0 Å². The van der Waals surface area contributed by atoms with Crippen molar-refractivity contribution in [2.45, 2.75) is 18.7 Å². The van der Waals surface area contributed by atoms with E-state index in [1.54, 1.807) is 0 Å². The normalized spacial score (nSPS) is 32.1. The van der Waals surface area contributed by atoms with Gasteiger partial charge in [-0.3, -0.25) is 4.79 Å². The molecule has 2 unspecified atom stereocenters. The first-order valence-corrected chi connectivity index (χ1v) is 5.99. The summed E-state index contributed by atoms with van der Waals surface area (Å²) < 4.78 is 44.7. The Hall–Kier alpha value is -1.33. The van der Waals surface area contributed by atoms with Gasteiger partial charge in [0.25, 0.3) is 0 Å². The number of nitriles is 1. The SMILES string of the molecule is N#CC1CN(C(=O)C2(C(F)(F)F)CCNC2)CCO1. The molecule has 0 radical (unpaired) electrons. The summed E-state index contributed by atoms with van der Waals surface area (Å²) in [5, 5.41) is 11.3. The van der Waals surface area contributed by atoms with Crippen molar-refractivity contribution in [2.75, 3.05) is 32.8 Å². The fraction of sp³-hybridized carbons (Fsp3) is 0.818. The van der Waals surface area contributed by atoms with Crippen molar-refractivity contribution in [2.24, 2.45) is 5.41 Å². The van der Waals surface area contributed by atoms with Gasteiger partial charge < -0.3 is 15.0 Å². The van der Waals surface area contributed by atoms with E-state index in [9.17, 15) is 18.0 Å². The molecule has 0 bridgehead atoms. The van der Waals surface area contributed by atoms with Crippen LogP contribution in [0.25, 0.3) is 0 Å². The molecule has 5 nitrogen and oxygen atoms in total. The first-order valence-electron chi connectivity index (χ1n) is 5.99. The average Bonchev–Trinajstić information content (AvgIpc) is 2.88. The fourth-order valence-corrected chi connectivity index (χ4v) is 2.45. The van der Waals surface area contributed by atoms with Gasteiger partial charge >= 0.3 is 6.18 Å². The molecule has 2 heterocycles. The zero-order chi connectivity index (χ0) is 14.1. The molecule has 1 amide bonds. The second kappa shape index (κ2) is 4.98. The minimum atomic E-state index is -4.59. The Morgan fingerprint density at radius 1 is 1.53 bits per heavy atom. The van der Waals surface area contributed by atoms with Crippen molar-refractivity contribution in [3.8, 4) is 6.07 Å². The molecule has 2 saturated heterocycles. The Labute approximate surface area is 108 Å². The minimum absolute atomic E-state index is 0.0886. The molecule has 19 heavy (non-hydrogen) atoms. The van der Waals surface area contributed by atoms with Crippen LogP contribution >= 0.6 is 0 Å². The highest BCUT2D eigenvalue weighted by molar-refractivity contribution is 5.84. The second-order valence-corrected chi connectivity index (χ2v) is 4.75. The van der Waals surface area contributed by atoms with Gasteiger partial charge in [-0.15, -0.1) is 0 Å².